The van der Waals surface area contributed by atoms with E-state index >= 15 is 0 Å². The highest BCUT2D eigenvalue weighted by atomic mass is 32.2. The van der Waals surface area contributed by atoms with Crippen LogP contribution in [0.1, 0.15) is 0 Å². The largest absolute Gasteiger partial charge is 0.488 e. The van der Waals surface area contributed by atoms with Crippen LogP contribution < -0.4 is 9.64 Å². The third kappa shape index (κ3) is 4.19. The van der Waals surface area contributed by atoms with Gasteiger partial charge in [-0.2, -0.15) is 4.31 Å². The van der Waals surface area contributed by atoms with E-state index in [2.05, 4.69) is 0 Å². The predicted octanol–water partition coefficient (Wildman–Crippen LogP) is 1.81. The smallest absolute Gasteiger partial charge is 0.243 e. The SMILES string of the molecule is O=S(=O)(c1ccc2ccccc2c1)N1CC[NH+](CCOc2ccccc2)CC1. The van der Waals surface area contributed by atoms with E-state index in [9.17, 15) is 8.42 Å². The number of para-hydroxylation sites is 1. The Labute approximate surface area is 166 Å². The molecule has 3 aromatic rings. The maximum Gasteiger partial charge on any atom is 0.243 e. The number of sulfonamides is 1. The van der Waals surface area contributed by atoms with Crippen LogP contribution in [0.25, 0.3) is 10.8 Å². The van der Waals surface area contributed by atoms with Gasteiger partial charge in [-0.15, -0.1) is 0 Å². The second-order valence-corrected chi connectivity index (χ2v) is 9.01. The molecular weight excluding hydrogens is 372 g/mol. The number of benzene rings is 3. The number of quaternary nitrogens is 1. The maximum atomic E-state index is 13.0. The van der Waals surface area contributed by atoms with Gasteiger partial charge < -0.3 is 9.64 Å². The fraction of sp³-hybridized carbons (Fsp3) is 0.273. The fourth-order valence-corrected chi connectivity index (χ4v) is 5.08. The first-order valence-electron chi connectivity index (χ1n) is 9.63. The zero-order valence-electron chi connectivity index (χ0n) is 15.8. The highest BCUT2D eigenvalue weighted by Crippen LogP contribution is 2.21. The van der Waals surface area contributed by atoms with Crippen LogP contribution >= 0.6 is 0 Å². The molecule has 0 aliphatic carbocycles. The van der Waals surface area contributed by atoms with Crippen LogP contribution in [-0.2, 0) is 10.0 Å². The first-order chi connectivity index (χ1) is 13.6. The molecule has 146 valence electrons. The summed E-state index contributed by atoms with van der Waals surface area (Å²) in [6.07, 6.45) is 0. The van der Waals surface area contributed by atoms with Crippen molar-refractivity contribution in [1.82, 2.24) is 4.31 Å². The molecule has 1 aliphatic heterocycles. The molecule has 0 amide bonds. The molecule has 4 rings (SSSR count). The van der Waals surface area contributed by atoms with Crippen molar-refractivity contribution in [2.75, 3.05) is 39.3 Å². The first-order valence-corrected chi connectivity index (χ1v) is 11.1. The van der Waals surface area contributed by atoms with Gasteiger partial charge in [0.2, 0.25) is 10.0 Å². The quantitative estimate of drug-likeness (QED) is 0.690. The summed E-state index contributed by atoms with van der Waals surface area (Å²) in [6, 6.07) is 23.0. The van der Waals surface area contributed by atoms with Gasteiger partial charge in [0, 0.05) is 0 Å². The monoisotopic (exact) mass is 397 g/mol. The molecule has 0 spiro atoms. The van der Waals surface area contributed by atoms with Crippen LogP contribution in [-0.4, -0.2) is 52.1 Å². The van der Waals surface area contributed by atoms with E-state index in [0.29, 0.717) is 24.6 Å². The van der Waals surface area contributed by atoms with Crippen LogP contribution in [0, 0.1) is 0 Å². The first kappa shape index (κ1) is 18.9. The summed E-state index contributed by atoms with van der Waals surface area (Å²) in [5.41, 5.74) is 0. The van der Waals surface area contributed by atoms with E-state index in [1.807, 2.05) is 60.7 Å². The highest BCUT2D eigenvalue weighted by molar-refractivity contribution is 7.89. The number of hydrogen-bond acceptors (Lipinski definition) is 3. The van der Waals surface area contributed by atoms with Gasteiger partial charge in [0.1, 0.15) is 18.9 Å². The van der Waals surface area contributed by atoms with Crippen LogP contribution in [0.5, 0.6) is 5.75 Å². The number of piperazine rings is 1. The van der Waals surface area contributed by atoms with Crippen molar-refractivity contribution in [1.29, 1.82) is 0 Å². The molecule has 1 saturated heterocycles. The van der Waals surface area contributed by atoms with E-state index in [1.165, 1.54) is 4.90 Å². The second-order valence-electron chi connectivity index (χ2n) is 7.07. The molecule has 6 heteroatoms. The van der Waals surface area contributed by atoms with Crippen molar-refractivity contribution >= 4 is 20.8 Å². The van der Waals surface area contributed by atoms with E-state index in [4.69, 9.17) is 4.74 Å². The molecule has 5 nitrogen and oxygen atoms in total. The van der Waals surface area contributed by atoms with Crippen LogP contribution in [0.3, 0.4) is 0 Å². The van der Waals surface area contributed by atoms with Crippen molar-refractivity contribution < 1.29 is 18.1 Å². The lowest BCUT2D eigenvalue weighted by Gasteiger charge is -2.31. The van der Waals surface area contributed by atoms with E-state index in [0.717, 1.165) is 36.2 Å². The molecule has 1 fully saturated rings. The molecule has 0 bridgehead atoms. The fourth-order valence-electron chi connectivity index (χ4n) is 3.60. The maximum absolute atomic E-state index is 13.0. The molecule has 0 unspecified atom stereocenters. The Kier molecular flexibility index (Phi) is 5.62. The Bertz CT molecular complexity index is 1030. The summed E-state index contributed by atoms with van der Waals surface area (Å²) in [4.78, 5) is 1.75. The summed E-state index contributed by atoms with van der Waals surface area (Å²) >= 11 is 0. The summed E-state index contributed by atoms with van der Waals surface area (Å²) in [5.74, 6) is 0.874. The number of rotatable bonds is 6. The van der Waals surface area contributed by atoms with Crippen molar-refractivity contribution in [2.24, 2.45) is 0 Å². The lowest BCUT2D eigenvalue weighted by molar-refractivity contribution is -0.903. The lowest BCUT2D eigenvalue weighted by Crippen LogP contribution is -3.15. The summed E-state index contributed by atoms with van der Waals surface area (Å²) < 4.78 is 33.4. The Balaban J connectivity index is 1.34. The zero-order chi connectivity index (χ0) is 19.4. The molecule has 1 aliphatic rings. The molecule has 1 N–H and O–H groups in total. The molecule has 0 aromatic heterocycles. The van der Waals surface area contributed by atoms with Gasteiger partial charge in [-0.3, -0.25) is 0 Å². The summed E-state index contributed by atoms with van der Waals surface area (Å²) in [5, 5.41) is 2.00. The Hall–Kier alpha value is -2.41. The second kappa shape index (κ2) is 8.31. The van der Waals surface area contributed by atoms with Crippen molar-refractivity contribution in [3.8, 4) is 5.75 Å². The number of ether oxygens (including phenoxy) is 1. The van der Waals surface area contributed by atoms with E-state index in [1.54, 1.807) is 16.4 Å². The van der Waals surface area contributed by atoms with Crippen molar-refractivity contribution in [3.05, 3.63) is 72.8 Å². The van der Waals surface area contributed by atoms with Crippen LogP contribution in [0.15, 0.2) is 77.7 Å². The number of nitrogens with one attached hydrogen (secondary N) is 1. The van der Waals surface area contributed by atoms with Crippen LogP contribution in [0.4, 0.5) is 0 Å². The summed E-state index contributed by atoms with van der Waals surface area (Å²) in [6.45, 7) is 4.18. The van der Waals surface area contributed by atoms with Crippen LogP contribution in [0.2, 0.25) is 0 Å². The normalized spacial score (nSPS) is 16.3. The molecule has 0 radical (unpaired) electrons. The van der Waals surface area contributed by atoms with Crippen molar-refractivity contribution in [3.63, 3.8) is 0 Å². The number of hydrogen-bond donors (Lipinski definition) is 1. The topological polar surface area (TPSA) is 51.0 Å². The molecule has 1 heterocycles. The Morgan fingerprint density at radius 1 is 0.857 bits per heavy atom. The number of fused-ring (bicyclic) bond motifs is 1. The predicted molar refractivity (Wildman–Crippen MR) is 110 cm³/mol. The standard InChI is InChI=1S/C22H24N2O3S/c25-28(26,22-11-10-19-6-4-5-7-20(19)18-22)24-14-12-23(13-15-24)16-17-27-21-8-2-1-3-9-21/h1-11,18H,12-17H2/p+1. The van der Waals surface area contributed by atoms with Gasteiger partial charge in [0.15, 0.2) is 0 Å². The molecule has 28 heavy (non-hydrogen) atoms. The Morgan fingerprint density at radius 2 is 1.54 bits per heavy atom. The Morgan fingerprint density at radius 3 is 2.29 bits per heavy atom. The molecule has 3 aromatic carbocycles. The van der Waals surface area contributed by atoms with Gasteiger partial charge in [-0.1, -0.05) is 48.5 Å². The van der Waals surface area contributed by atoms with Gasteiger partial charge >= 0.3 is 0 Å². The molecular formula is C22H25N2O3S+. The minimum absolute atomic E-state index is 0.377. The molecule has 0 atom stereocenters. The van der Waals surface area contributed by atoms with Gasteiger partial charge in [0.05, 0.1) is 31.1 Å². The third-order valence-corrected chi connectivity index (χ3v) is 7.15. The number of nitrogens with zero attached hydrogens (tertiary/aromatic N) is 1. The van der Waals surface area contributed by atoms with E-state index in [-0.39, 0.29) is 0 Å². The van der Waals surface area contributed by atoms with Gasteiger partial charge in [-0.05, 0) is 35.0 Å². The minimum atomic E-state index is -3.45. The zero-order valence-corrected chi connectivity index (χ0v) is 16.6. The lowest BCUT2D eigenvalue weighted by atomic mass is 10.1. The van der Waals surface area contributed by atoms with Gasteiger partial charge in [0.25, 0.3) is 0 Å². The van der Waals surface area contributed by atoms with E-state index < -0.39 is 10.0 Å². The highest BCUT2D eigenvalue weighted by Gasteiger charge is 2.30. The summed E-state index contributed by atoms with van der Waals surface area (Å²) in [7, 11) is -3.45. The minimum Gasteiger partial charge on any atom is -0.488 e. The van der Waals surface area contributed by atoms with Crippen molar-refractivity contribution in [2.45, 2.75) is 4.90 Å². The third-order valence-electron chi connectivity index (χ3n) is 5.26. The average molecular weight is 398 g/mol. The molecule has 0 saturated carbocycles. The average Bonchev–Trinajstić information content (AvgIpc) is 2.74. The van der Waals surface area contributed by atoms with Gasteiger partial charge in [-0.25, -0.2) is 8.42 Å².